The van der Waals surface area contributed by atoms with E-state index in [1.54, 1.807) is 6.08 Å². The summed E-state index contributed by atoms with van der Waals surface area (Å²) >= 11 is 0. The van der Waals surface area contributed by atoms with Crippen LogP contribution < -0.4 is 0 Å². The Hall–Kier alpha value is -2.16. The van der Waals surface area contributed by atoms with Crippen LogP contribution in [-0.4, -0.2) is 10.9 Å². The van der Waals surface area contributed by atoms with E-state index in [2.05, 4.69) is 0 Å². The summed E-state index contributed by atoms with van der Waals surface area (Å²) in [5.74, 6) is -0.375. The number of ketones is 1. The summed E-state index contributed by atoms with van der Waals surface area (Å²) in [6, 6.07) is 3.74. The van der Waals surface area contributed by atoms with Crippen molar-refractivity contribution < 1.29 is 14.3 Å². The van der Waals surface area contributed by atoms with E-state index in [4.69, 9.17) is 0 Å². The first-order valence-corrected chi connectivity index (χ1v) is 8.09. The second-order valence-corrected chi connectivity index (χ2v) is 8.29. The van der Waals surface area contributed by atoms with Crippen molar-refractivity contribution in [2.45, 2.75) is 52.4 Å². The molecule has 0 unspecified atom stereocenters. The molecule has 1 aliphatic rings. The molecule has 0 atom stereocenters. The third-order valence-corrected chi connectivity index (χ3v) is 4.04. The van der Waals surface area contributed by atoms with Gasteiger partial charge in [-0.2, -0.15) is 0 Å². The Kier molecular flexibility index (Phi) is 4.58. The van der Waals surface area contributed by atoms with E-state index in [0.717, 1.165) is 22.8 Å². The Morgan fingerprint density at radius 1 is 0.958 bits per heavy atom. The van der Waals surface area contributed by atoms with E-state index in [-0.39, 0.29) is 22.4 Å². The maximum atomic E-state index is 13.5. The van der Waals surface area contributed by atoms with Crippen LogP contribution in [0, 0.1) is 0 Å². The lowest BCUT2D eigenvalue weighted by molar-refractivity contribution is -0.111. The molecule has 0 aromatic heterocycles. The van der Waals surface area contributed by atoms with E-state index in [1.807, 2.05) is 53.7 Å². The lowest BCUT2D eigenvalue weighted by atomic mass is 9.78. The van der Waals surface area contributed by atoms with E-state index >= 15 is 0 Å². The maximum Gasteiger partial charge on any atom is 0.186 e. The molecule has 24 heavy (non-hydrogen) atoms. The smallest absolute Gasteiger partial charge is 0.186 e. The lowest BCUT2D eigenvalue weighted by Gasteiger charge is -2.28. The highest BCUT2D eigenvalue weighted by atomic mass is 19.1. The highest BCUT2D eigenvalue weighted by Crippen LogP contribution is 2.40. The SMILES string of the molecule is CC(C)(C)c1cc(/C=C2\C=C(F)C=CC2=O)cc(C(C)(C)C)c1O. The number of halogens is 1. The Balaban J connectivity index is 2.68. The first-order chi connectivity index (χ1) is 10.9. The van der Waals surface area contributed by atoms with Crippen molar-refractivity contribution in [3.8, 4) is 5.75 Å². The van der Waals surface area contributed by atoms with Crippen LogP contribution in [0.1, 0.15) is 58.2 Å². The largest absolute Gasteiger partial charge is 0.507 e. The second-order valence-electron chi connectivity index (χ2n) is 8.29. The molecule has 0 bridgehead atoms. The summed E-state index contributed by atoms with van der Waals surface area (Å²) in [6.07, 6.45) is 5.31. The van der Waals surface area contributed by atoms with Crippen LogP contribution >= 0.6 is 0 Å². The number of phenolic OH excluding ortho intramolecular Hbond substituents is 1. The first kappa shape index (κ1) is 18.2. The molecule has 0 aliphatic heterocycles. The molecule has 2 rings (SSSR count). The molecule has 1 N–H and O–H groups in total. The van der Waals surface area contributed by atoms with Crippen molar-refractivity contribution in [3.05, 3.63) is 58.5 Å². The number of carbonyl (C=O) groups is 1. The number of carbonyl (C=O) groups excluding carboxylic acids is 1. The van der Waals surface area contributed by atoms with Crippen molar-refractivity contribution in [2.24, 2.45) is 0 Å². The highest BCUT2D eigenvalue weighted by molar-refractivity contribution is 6.10. The molecule has 1 aliphatic carbocycles. The second kappa shape index (κ2) is 6.04. The van der Waals surface area contributed by atoms with Gasteiger partial charge in [0.15, 0.2) is 5.78 Å². The van der Waals surface area contributed by atoms with Crippen molar-refractivity contribution in [1.82, 2.24) is 0 Å². The zero-order valence-electron chi connectivity index (χ0n) is 15.2. The van der Waals surface area contributed by atoms with E-state index in [0.29, 0.717) is 5.57 Å². The van der Waals surface area contributed by atoms with Crippen molar-refractivity contribution in [2.75, 3.05) is 0 Å². The molecule has 3 heteroatoms. The molecule has 128 valence electrons. The van der Waals surface area contributed by atoms with Gasteiger partial charge in [0.2, 0.25) is 0 Å². The van der Waals surface area contributed by atoms with Gasteiger partial charge in [0.05, 0.1) is 0 Å². The van der Waals surface area contributed by atoms with Crippen molar-refractivity contribution in [3.63, 3.8) is 0 Å². The summed E-state index contributed by atoms with van der Waals surface area (Å²) in [5.41, 5.74) is 2.20. The van der Waals surface area contributed by atoms with Gasteiger partial charge in [0.1, 0.15) is 11.6 Å². The molecule has 0 amide bonds. The number of hydrogen-bond donors (Lipinski definition) is 1. The molecule has 1 aromatic rings. The van der Waals surface area contributed by atoms with E-state index in [9.17, 15) is 14.3 Å². The van der Waals surface area contributed by atoms with Crippen LogP contribution in [0.3, 0.4) is 0 Å². The fourth-order valence-corrected chi connectivity index (χ4v) is 2.70. The standard InChI is InChI=1S/C21H25FO2/c1-20(2,3)16-10-13(11-17(19(16)24)21(4,5)6)9-14-12-15(22)7-8-18(14)23/h7-12,24H,1-6H3/b14-9+. The van der Waals surface area contributed by atoms with Gasteiger partial charge >= 0.3 is 0 Å². The minimum atomic E-state index is -0.438. The molecule has 0 saturated heterocycles. The van der Waals surface area contributed by atoms with Crippen LogP contribution in [0.5, 0.6) is 5.75 Å². The number of rotatable bonds is 1. The van der Waals surface area contributed by atoms with Gasteiger partial charge < -0.3 is 5.11 Å². The third kappa shape index (κ3) is 3.84. The summed E-state index contributed by atoms with van der Waals surface area (Å²) in [6.45, 7) is 12.2. The molecule has 1 aromatic carbocycles. The van der Waals surface area contributed by atoms with Gasteiger partial charge in [0, 0.05) is 16.7 Å². The Morgan fingerprint density at radius 3 is 1.92 bits per heavy atom. The van der Waals surface area contributed by atoms with Gasteiger partial charge in [-0.05, 0) is 52.8 Å². The molecule has 2 nitrogen and oxygen atoms in total. The van der Waals surface area contributed by atoms with Crippen LogP contribution in [0.25, 0.3) is 6.08 Å². The minimum Gasteiger partial charge on any atom is -0.507 e. The van der Waals surface area contributed by atoms with Crippen LogP contribution in [0.15, 0.2) is 41.8 Å². The van der Waals surface area contributed by atoms with Gasteiger partial charge in [-0.1, -0.05) is 41.5 Å². The quantitative estimate of drug-likeness (QED) is 0.704. The first-order valence-electron chi connectivity index (χ1n) is 8.09. The number of aromatic hydroxyl groups is 1. The fraction of sp³-hybridized carbons (Fsp3) is 0.381. The molecule has 0 radical (unpaired) electrons. The summed E-state index contributed by atoms with van der Waals surface area (Å²) in [7, 11) is 0. The third-order valence-electron chi connectivity index (χ3n) is 4.04. The maximum absolute atomic E-state index is 13.5. The average Bonchev–Trinajstić information content (AvgIpc) is 2.42. The molecular formula is C21H25FO2. The van der Waals surface area contributed by atoms with Gasteiger partial charge in [-0.15, -0.1) is 0 Å². The zero-order chi connectivity index (χ0) is 18.3. The summed E-state index contributed by atoms with van der Waals surface area (Å²) in [4.78, 5) is 12.0. The molecular weight excluding hydrogens is 303 g/mol. The van der Waals surface area contributed by atoms with Crippen molar-refractivity contribution >= 4 is 11.9 Å². The van der Waals surface area contributed by atoms with Crippen LogP contribution in [-0.2, 0) is 15.6 Å². The summed E-state index contributed by atoms with van der Waals surface area (Å²) in [5, 5.41) is 10.7. The summed E-state index contributed by atoms with van der Waals surface area (Å²) < 4.78 is 13.5. The predicted molar refractivity (Wildman–Crippen MR) is 96.8 cm³/mol. The monoisotopic (exact) mass is 328 g/mol. The van der Waals surface area contributed by atoms with Crippen LogP contribution in [0.2, 0.25) is 0 Å². The van der Waals surface area contributed by atoms with E-state index < -0.39 is 5.83 Å². The fourth-order valence-electron chi connectivity index (χ4n) is 2.70. The van der Waals surface area contributed by atoms with Crippen molar-refractivity contribution in [1.29, 1.82) is 0 Å². The van der Waals surface area contributed by atoms with E-state index in [1.165, 1.54) is 12.2 Å². The Bertz CT molecular complexity index is 731. The average molecular weight is 328 g/mol. The van der Waals surface area contributed by atoms with Crippen LogP contribution in [0.4, 0.5) is 4.39 Å². The molecule has 0 heterocycles. The molecule has 0 saturated carbocycles. The normalized spacial score (nSPS) is 17.4. The number of phenols is 1. The van der Waals surface area contributed by atoms with Gasteiger partial charge in [-0.25, -0.2) is 4.39 Å². The highest BCUT2D eigenvalue weighted by Gasteiger charge is 2.26. The number of allylic oxidation sites excluding steroid dienone is 5. The minimum absolute atomic E-state index is 0.223. The number of hydrogen-bond acceptors (Lipinski definition) is 2. The van der Waals surface area contributed by atoms with Gasteiger partial charge in [-0.3, -0.25) is 4.79 Å². The molecule has 0 spiro atoms. The topological polar surface area (TPSA) is 37.3 Å². The predicted octanol–water partition coefficient (Wildman–Crippen LogP) is 5.36. The Labute approximate surface area is 143 Å². The zero-order valence-corrected chi connectivity index (χ0v) is 15.2. The Morgan fingerprint density at radius 2 is 1.46 bits per heavy atom. The molecule has 0 fully saturated rings. The lowest BCUT2D eigenvalue weighted by Crippen LogP contribution is -2.17. The van der Waals surface area contributed by atoms with Gasteiger partial charge in [0.25, 0.3) is 0 Å². The number of benzene rings is 1.